The zero-order chi connectivity index (χ0) is 12.1. The average Bonchev–Trinajstić information content (AvgIpc) is 2.76. The summed E-state index contributed by atoms with van der Waals surface area (Å²) < 4.78 is 5.37. The number of aromatic nitrogens is 1. The fraction of sp³-hybridized carbons (Fsp3) is 0.357. The van der Waals surface area contributed by atoms with Crippen LogP contribution in [0, 0.1) is 6.92 Å². The number of nitrogens with zero attached hydrogens (tertiary/aromatic N) is 1. The molecule has 0 saturated carbocycles. The van der Waals surface area contributed by atoms with Gasteiger partial charge in [-0.2, -0.15) is 0 Å². The van der Waals surface area contributed by atoms with Crippen molar-refractivity contribution in [3.05, 3.63) is 53.7 Å². The maximum Gasteiger partial charge on any atom is 0.105 e. The lowest BCUT2D eigenvalue weighted by molar-refractivity contribution is 0.499. The number of rotatable bonds is 5. The molecule has 1 unspecified atom stereocenters. The Morgan fingerprint density at radius 1 is 1.35 bits per heavy atom. The van der Waals surface area contributed by atoms with Crippen LogP contribution in [-0.2, 0) is 6.42 Å². The highest BCUT2D eigenvalue weighted by Gasteiger charge is 2.15. The van der Waals surface area contributed by atoms with Crippen molar-refractivity contribution < 1.29 is 4.42 Å². The Labute approximate surface area is 102 Å². The van der Waals surface area contributed by atoms with E-state index in [9.17, 15) is 0 Å². The summed E-state index contributed by atoms with van der Waals surface area (Å²) in [5.74, 6) is 0.979. The van der Waals surface area contributed by atoms with Gasteiger partial charge in [-0.15, -0.1) is 0 Å². The molecule has 0 aromatic carbocycles. The van der Waals surface area contributed by atoms with Crippen molar-refractivity contribution in [1.82, 2.24) is 10.3 Å². The summed E-state index contributed by atoms with van der Waals surface area (Å²) in [6.07, 6.45) is 4.46. The van der Waals surface area contributed by atoms with Crippen LogP contribution in [0.25, 0.3) is 0 Å². The second-order valence-corrected chi connectivity index (χ2v) is 4.07. The van der Waals surface area contributed by atoms with Crippen LogP contribution in [0.4, 0.5) is 0 Å². The van der Waals surface area contributed by atoms with E-state index < -0.39 is 0 Å². The first-order valence-corrected chi connectivity index (χ1v) is 5.98. The first-order valence-electron chi connectivity index (χ1n) is 5.98. The molecule has 17 heavy (non-hydrogen) atoms. The smallest absolute Gasteiger partial charge is 0.105 e. The first-order chi connectivity index (χ1) is 8.31. The molecule has 0 fully saturated rings. The van der Waals surface area contributed by atoms with Crippen LogP contribution in [-0.4, -0.2) is 11.5 Å². The van der Waals surface area contributed by atoms with Gasteiger partial charge in [0.1, 0.15) is 5.76 Å². The zero-order valence-corrected chi connectivity index (χ0v) is 10.3. The molecule has 2 aromatic rings. The minimum Gasteiger partial charge on any atom is -0.469 e. The highest BCUT2D eigenvalue weighted by atomic mass is 16.3. The van der Waals surface area contributed by atoms with E-state index in [1.54, 1.807) is 6.26 Å². The molecule has 0 spiro atoms. The molecule has 0 saturated heterocycles. The summed E-state index contributed by atoms with van der Waals surface area (Å²) in [7, 11) is 0. The van der Waals surface area contributed by atoms with Crippen molar-refractivity contribution in [1.29, 1.82) is 0 Å². The molecule has 2 rings (SSSR count). The molecule has 0 aliphatic rings. The summed E-state index contributed by atoms with van der Waals surface area (Å²) in [6, 6.07) is 8.32. The number of hydrogen-bond donors (Lipinski definition) is 1. The standard InChI is InChI=1S/C14H18N2O/c1-3-15-14(13-7-9-17-11(13)2)10-12-6-4-5-8-16-12/h4-9,14-15H,3,10H2,1-2H3. The van der Waals surface area contributed by atoms with Crippen LogP contribution < -0.4 is 5.32 Å². The van der Waals surface area contributed by atoms with Gasteiger partial charge in [0.15, 0.2) is 0 Å². The molecule has 2 heterocycles. The molecule has 90 valence electrons. The maximum absolute atomic E-state index is 5.37. The summed E-state index contributed by atoms with van der Waals surface area (Å²) in [5, 5.41) is 3.47. The Balaban J connectivity index is 2.16. The van der Waals surface area contributed by atoms with Gasteiger partial charge < -0.3 is 9.73 Å². The van der Waals surface area contributed by atoms with E-state index in [0.29, 0.717) is 0 Å². The van der Waals surface area contributed by atoms with Gasteiger partial charge >= 0.3 is 0 Å². The van der Waals surface area contributed by atoms with Gasteiger partial charge in [0, 0.05) is 29.9 Å². The fourth-order valence-corrected chi connectivity index (χ4v) is 2.02. The van der Waals surface area contributed by atoms with Crippen molar-refractivity contribution >= 4 is 0 Å². The molecule has 0 amide bonds. The number of furan rings is 1. The minimum absolute atomic E-state index is 0.272. The van der Waals surface area contributed by atoms with E-state index in [1.165, 1.54) is 5.56 Å². The predicted molar refractivity (Wildman–Crippen MR) is 67.8 cm³/mol. The molecular weight excluding hydrogens is 212 g/mol. The van der Waals surface area contributed by atoms with Crippen molar-refractivity contribution in [3.63, 3.8) is 0 Å². The molecule has 3 nitrogen and oxygen atoms in total. The highest BCUT2D eigenvalue weighted by molar-refractivity contribution is 5.22. The molecule has 1 atom stereocenters. The molecule has 1 N–H and O–H groups in total. The second kappa shape index (κ2) is 5.64. The van der Waals surface area contributed by atoms with E-state index >= 15 is 0 Å². The third kappa shape index (κ3) is 2.94. The average molecular weight is 230 g/mol. The molecular formula is C14H18N2O. The number of likely N-dealkylation sites (N-methyl/N-ethyl adjacent to an activating group) is 1. The van der Waals surface area contributed by atoms with Gasteiger partial charge in [-0.05, 0) is 31.7 Å². The van der Waals surface area contributed by atoms with Gasteiger partial charge in [0.2, 0.25) is 0 Å². The normalized spacial score (nSPS) is 12.6. The molecule has 2 aromatic heterocycles. The zero-order valence-electron chi connectivity index (χ0n) is 10.3. The Bertz CT molecular complexity index is 450. The van der Waals surface area contributed by atoms with Crippen LogP contribution in [0.2, 0.25) is 0 Å². The van der Waals surface area contributed by atoms with Crippen LogP contribution >= 0.6 is 0 Å². The Kier molecular flexibility index (Phi) is 3.94. The first kappa shape index (κ1) is 11.9. The molecule has 3 heteroatoms. The topological polar surface area (TPSA) is 38.1 Å². The summed E-state index contributed by atoms with van der Waals surface area (Å²) in [5.41, 5.74) is 2.32. The third-order valence-electron chi connectivity index (χ3n) is 2.86. The fourth-order valence-electron chi connectivity index (χ4n) is 2.02. The summed E-state index contributed by atoms with van der Waals surface area (Å²) in [4.78, 5) is 4.37. The Morgan fingerprint density at radius 2 is 2.24 bits per heavy atom. The maximum atomic E-state index is 5.37. The summed E-state index contributed by atoms with van der Waals surface area (Å²) >= 11 is 0. The van der Waals surface area contributed by atoms with Crippen molar-refractivity contribution in [2.24, 2.45) is 0 Å². The van der Waals surface area contributed by atoms with Gasteiger partial charge in [0.25, 0.3) is 0 Å². The molecule has 0 aliphatic carbocycles. The third-order valence-corrected chi connectivity index (χ3v) is 2.86. The quantitative estimate of drug-likeness (QED) is 0.858. The highest BCUT2D eigenvalue weighted by Crippen LogP contribution is 2.21. The Hall–Kier alpha value is -1.61. The molecule has 0 aliphatic heterocycles. The number of nitrogens with one attached hydrogen (secondary N) is 1. The minimum atomic E-state index is 0.272. The van der Waals surface area contributed by atoms with Crippen molar-refractivity contribution in [2.45, 2.75) is 26.3 Å². The van der Waals surface area contributed by atoms with E-state index in [0.717, 1.165) is 24.4 Å². The number of pyridine rings is 1. The van der Waals surface area contributed by atoms with Crippen LogP contribution in [0.1, 0.15) is 30.0 Å². The molecule has 0 bridgehead atoms. The van der Waals surface area contributed by atoms with E-state index in [1.807, 2.05) is 31.3 Å². The van der Waals surface area contributed by atoms with Crippen molar-refractivity contribution in [2.75, 3.05) is 6.54 Å². The number of hydrogen-bond acceptors (Lipinski definition) is 3. The lowest BCUT2D eigenvalue weighted by Gasteiger charge is -2.16. The second-order valence-electron chi connectivity index (χ2n) is 4.07. The van der Waals surface area contributed by atoms with E-state index in [4.69, 9.17) is 4.42 Å². The molecule has 0 radical (unpaired) electrons. The van der Waals surface area contributed by atoms with Crippen LogP contribution in [0.5, 0.6) is 0 Å². The SMILES string of the molecule is CCNC(Cc1ccccn1)c1ccoc1C. The van der Waals surface area contributed by atoms with Crippen molar-refractivity contribution in [3.8, 4) is 0 Å². The van der Waals surface area contributed by atoms with Crippen LogP contribution in [0.15, 0.2) is 41.1 Å². The van der Waals surface area contributed by atoms with Gasteiger partial charge in [0.05, 0.1) is 6.26 Å². The monoisotopic (exact) mass is 230 g/mol. The van der Waals surface area contributed by atoms with E-state index in [-0.39, 0.29) is 6.04 Å². The number of aryl methyl sites for hydroxylation is 1. The Morgan fingerprint density at radius 3 is 2.82 bits per heavy atom. The van der Waals surface area contributed by atoms with Crippen LogP contribution in [0.3, 0.4) is 0 Å². The lowest BCUT2D eigenvalue weighted by Crippen LogP contribution is -2.23. The predicted octanol–water partition coefficient (Wildman–Crippen LogP) is 2.88. The largest absolute Gasteiger partial charge is 0.469 e. The van der Waals surface area contributed by atoms with E-state index in [2.05, 4.69) is 23.3 Å². The lowest BCUT2D eigenvalue weighted by atomic mass is 10.0. The van der Waals surface area contributed by atoms with Gasteiger partial charge in [-0.3, -0.25) is 4.98 Å². The van der Waals surface area contributed by atoms with Gasteiger partial charge in [-0.25, -0.2) is 0 Å². The van der Waals surface area contributed by atoms with Gasteiger partial charge in [-0.1, -0.05) is 13.0 Å². The summed E-state index contributed by atoms with van der Waals surface area (Å²) in [6.45, 7) is 5.04.